The maximum Gasteiger partial charge on any atom is 0.159 e. The molecule has 0 aliphatic rings. The molecule has 2 rings (SSSR count). The van der Waals surface area contributed by atoms with E-state index in [1.54, 1.807) is 12.4 Å². The maximum absolute atomic E-state index is 5.59. The molecule has 3 heteroatoms. The zero-order chi connectivity index (χ0) is 12.8. The molecule has 1 aromatic carbocycles. The van der Waals surface area contributed by atoms with Crippen molar-refractivity contribution in [2.75, 3.05) is 6.61 Å². The molecule has 18 heavy (non-hydrogen) atoms. The van der Waals surface area contributed by atoms with E-state index in [4.69, 9.17) is 4.74 Å². The summed E-state index contributed by atoms with van der Waals surface area (Å²) in [5.41, 5.74) is 3.12. The number of aromatic nitrogens is 2. The fourth-order valence-electron chi connectivity index (χ4n) is 1.64. The fraction of sp³-hybridized carbons (Fsp3) is 0.200. The standard InChI is InChI=1S/C15H16N2O/c1-12(2)10-18-11-13-6-3-4-7-14(13)15-16-8-5-9-17-15/h3-9H,1,10-11H2,2H3. The second-order valence-electron chi connectivity index (χ2n) is 4.18. The number of nitrogens with zero attached hydrogens (tertiary/aromatic N) is 2. The van der Waals surface area contributed by atoms with Gasteiger partial charge in [-0.25, -0.2) is 9.97 Å². The van der Waals surface area contributed by atoms with Gasteiger partial charge in [0.2, 0.25) is 0 Å². The first kappa shape index (κ1) is 12.5. The molecule has 1 heterocycles. The lowest BCUT2D eigenvalue weighted by Crippen LogP contribution is -1.99. The molecular formula is C15H16N2O. The van der Waals surface area contributed by atoms with E-state index in [9.17, 15) is 0 Å². The van der Waals surface area contributed by atoms with Gasteiger partial charge in [-0.15, -0.1) is 0 Å². The largest absolute Gasteiger partial charge is 0.372 e. The van der Waals surface area contributed by atoms with Crippen molar-refractivity contribution in [3.05, 3.63) is 60.4 Å². The fourth-order valence-corrected chi connectivity index (χ4v) is 1.64. The summed E-state index contributed by atoms with van der Waals surface area (Å²) in [4.78, 5) is 8.54. The number of benzene rings is 1. The van der Waals surface area contributed by atoms with Crippen LogP contribution in [-0.2, 0) is 11.3 Å². The Balaban J connectivity index is 2.18. The molecule has 0 amide bonds. The van der Waals surface area contributed by atoms with Crippen LogP contribution in [0.4, 0.5) is 0 Å². The Morgan fingerprint density at radius 1 is 1.17 bits per heavy atom. The van der Waals surface area contributed by atoms with Crippen molar-refractivity contribution in [2.24, 2.45) is 0 Å². The van der Waals surface area contributed by atoms with Crippen LogP contribution in [0.25, 0.3) is 11.4 Å². The molecule has 1 aromatic heterocycles. The van der Waals surface area contributed by atoms with Crippen molar-refractivity contribution < 1.29 is 4.74 Å². The van der Waals surface area contributed by atoms with Crippen LogP contribution in [0.5, 0.6) is 0 Å². The molecular weight excluding hydrogens is 224 g/mol. The molecule has 3 nitrogen and oxygen atoms in total. The van der Waals surface area contributed by atoms with E-state index in [0.717, 1.165) is 22.5 Å². The average Bonchev–Trinajstić information content (AvgIpc) is 2.40. The predicted octanol–water partition coefficient (Wildman–Crippen LogP) is 3.24. The molecule has 0 unspecified atom stereocenters. The van der Waals surface area contributed by atoms with Crippen molar-refractivity contribution in [2.45, 2.75) is 13.5 Å². The lowest BCUT2D eigenvalue weighted by Gasteiger charge is -2.08. The van der Waals surface area contributed by atoms with Crippen LogP contribution < -0.4 is 0 Å². The van der Waals surface area contributed by atoms with Crippen molar-refractivity contribution in [3.63, 3.8) is 0 Å². The predicted molar refractivity (Wildman–Crippen MR) is 71.9 cm³/mol. The van der Waals surface area contributed by atoms with Gasteiger partial charge in [-0.1, -0.05) is 36.4 Å². The molecule has 0 saturated carbocycles. The number of hydrogen-bond acceptors (Lipinski definition) is 3. The van der Waals surface area contributed by atoms with Crippen molar-refractivity contribution >= 4 is 0 Å². The summed E-state index contributed by atoms with van der Waals surface area (Å²) in [7, 11) is 0. The summed E-state index contributed by atoms with van der Waals surface area (Å²) < 4.78 is 5.59. The molecule has 0 saturated heterocycles. The Morgan fingerprint density at radius 3 is 2.61 bits per heavy atom. The van der Waals surface area contributed by atoms with Crippen LogP contribution in [0.15, 0.2) is 54.9 Å². The maximum atomic E-state index is 5.59. The normalized spacial score (nSPS) is 10.3. The Labute approximate surface area is 107 Å². The summed E-state index contributed by atoms with van der Waals surface area (Å²) in [6.07, 6.45) is 3.49. The summed E-state index contributed by atoms with van der Waals surface area (Å²) in [5, 5.41) is 0. The summed E-state index contributed by atoms with van der Waals surface area (Å²) in [5.74, 6) is 0.729. The van der Waals surface area contributed by atoms with Gasteiger partial charge in [0.05, 0.1) is 13.2 Å². The third-order valence-corrected chi connectivity index (χ3v) is 2.43. The molecule has 92 valence electrons. The van der Waals surface area contributed by atoms with E-state index >= 15 is 0 Å². The lowest BCUT2D eigenvalue weighted by atomic mass is 10.1. The second kappa shape index (κ2) is 6.07. The minimum atomic E-state index is 0.543. The average molecular weight is 240 g/mol. The Hall–Kier alpha value is -2.00. The molecule has 2 aromatic rings. The quantitative estimate of drug-likeness (QED) is 0.752. The highest BCUT2D eigenvalue weighted by atomic mass is 16.5. The highest BCUT2D eigenvalue weighted by molar-refractivity contribution is 5.59. The van der Waals surface area contributed by atoms with Gasteiger partial charge in [0.15, 0.2) is 5.82 Å². The smallest absolute Gasteiger partial charge is 0.159 e. The van der Waals surface area contributed by atoms with E-state index in [0.29, 0.717) is 13.2 Å². The molecule has 0 spiro atoms. The van der Waals surface area contributed by atoms with Gasteiger partial charge in [0.1, 0.15) is 0 Å². The topological polar surface area (TPSA) is 35.0 Å². The zero-order valence-electron chi connectivity index (χ0n) is 10.5. The van der Waals surface area contributed by atoms with Crippen LogP contribution >= 0.6 is 0 Å². The van der Waals surface area contributed by atoms with Crippen LogP contribution in [0.3, 0.4) is 0 Å². The van der Waals surface area contributed by atoms with E-state index in [1.807, 2.05) is 37.3 Å². The Kier molecular flexibility index (Phi) is 4.20. The molecule has 0 N–H and O–H groups in total. The molecule has 0 bridgehead atoms. The number of rotatable bonds is 5. The molecule has 0 fully saturated rings. The van der Waals surface area contributed by atoms with E-state index in [1.165, 1.54) is 0 Å². The highest BCUT2D eigenvalue weighted by Crippen LogP contribution is 2.20. The monoisotopic (exact) mass is 240 g/mol. The first-order valence-corrected chi connectivity index (χ1v) is 5.85. The summed E-state index contributed by atoms with van der Waals surface area (Å²) >= 11 is 0. The van der Waals surface area contributed by atoms with Crippen LogP contribution in [0.1, 0.15) is 12.5 Å². The van der Waals surface area contributed by atoms with Gasteiger partial charge in [0, 0.05) is 18.0 Å². The summed E-state index contributed by atoms with van der Waals surface area (Å²) in [6, 6.07) is 9.82. The van der Waals surface area contributed by atoms with Crippen LogP contribution in [-0.4, -0.2) is 16.6 Å². The first-order chi connectivity index (χ1) is 8.77. The van der Waals surface area contributed by atoms with Crippen LogP contribution in [0, 0.1) is 0 Å². The van der Waals surface area contributed by atoms with E-state index in [-0.39, 0.29) is 0 Å². The van der Waals surface area contributed by atoms with Crippen molar-refractivity contribution in [1.82, 2.24) is 9.97 Å². The van der Waals surface area contributed by atoms with E-state index < -0.39 is 0 Å². The number of ether oxygens (including phenoxy) is 1. The zero-order valence-corrected chi connectivity index (χ0v) is 10.5. The first-order valence-electron chi connectivity index (χ1n) is 5.85. The SMILES string of the molecule is C=C(C)COCc1ccccc1-c1ncccn1. The van der Waals surface area contributed by atoms with Gasteiger partial charge in [-0.3, -0.25) is 0 Å². The minimum Gasteiger partial charge on any atom is -0.372 e. The van der Waals surface area contributed by atoms with Gasteiger partial charge in [-0.2, -0.15) is 0 Å². The van der Waals surface area contributed by atoms with Gasteiger partial charge >= 0.3 is 0 Å². The van der Waals surface area contributed by atoms with Gasteiger partial charge < -0.3 is 4.74 Å². The van der Waals surface area contributed by atoms with Gasteiger partial charge in [0.25, 0.3) is 0 Å². The third kappa shape index (κ3) is 3.25. The minimum absolute atomic E-state index is 0.543. The molecule has 0 radical (unpaired) electrons. The second-order valence-corrected chi connectivity index (χ2v) is 4.18. The Morgan fingerprint density at radius 2 is 1.89 bits per heavy atom. The number of hydrogen-bond donors (Lipinski definition) is 0. The summed E-state index contributed by atoms with van der Waals surface area (Å²) in [6.45, 7) is 6.88. The van der Waals surface area contributed by atoms with Crippen LogP contribution in [0.2, 0.25) is 0 Å². The highest BCUT2D eigenvalue weighted by Gasteiger charge is 2.06. The van der Waals surface area contributed by atoms with Crippen molar-refractivity contribution in [1.29, 1.82) is 0 Å². The van der Waals surface area contributed by atoms with Crippen molar-refractivity contribution in [3.8, 4) is 11.4 Å². The lowest BCUT2D eigenvalue weighted by molar-refractivity contribution is 0.143. The van der Waals surface area contributed by atoms with E-state index in [2.05, 4.69) is 16.5 Å². The van der Waals surface area contributed by atoms with Gasteiger partial charge in [-0.05, 0) is 18.6 Å². The molecule has 0 aliphatic heterocycles. The molecule has 0 aliphatic carbocycles. The Bertz CT molecular complexity index is 523. The molecule has 0 atom stereocenters. The third-order valence-electron chi connectivity index (χ3n) is 2.43.